The molecule has 0 saturated carbocycles. The maximum atomic E-state index is 13.2. The van der Waals surface area contributed by atoms with Crippen molar-refractivity contribution in [3.8, 4) is 0 Å². The maximum Gasteiger partial charge on any atom is 0.379 e. The summed E-state index contributed by atoms with van der Waals surface area (Å²) >= 11 is 0. The van der Waals surface area contributed by atoms with Crippen molar-refractivity contribution in [2.45, 2.75) is 5.92 Å². The van der Waals surface area contributed by atoms with E-state index in [4.69, 9.17) is 5.11 Å². The molecule has 1 aromatic heterocycles. The lowest BCUT2D eigenvalue weighted by molar-refractivity contribution is -0.166. The second-order valence-electron chi connectivity index (χ2n) is 3.18. The van der Waals surface area contributed by atoms with Gasteiger partial charge in [-0.15, -0.1) is 0 Å². The van der Waals surface area contributed by atoms with Gasteiger partial charge in [0.05, 0.1) is 5.52 Å². The first-order valence-electron chi connectivity index (χ1n) is 4.33. The third-order valence-electron chi connectivity index (χ3n) is 2.14. The van der Waals surface area contributed by atoms with Gasteiger partial charge in [-0.3, -0.25) is 0 Å². The van der Waals surface area contributed by atoms with Gasteiger partial charge in [-0.25, -0.2) is 14.8 Å². The zero-order chi connectivity index (χ0) is 11.8. The smallest absolute Gasteiger partial charge is 0.379 e. The minimum Gasteiger partial charge on any atom is -0.477 e. The average Bonchev–Trinajstić information content (AvgIpc) is 2.28. The van der Waals surface area contributed by atoms with Gasteiger partial charge in [0.15, 0.2) is 0 Å². The lowest BCUT2D eigenvalue weighted by atomic mass is 10.1. The Morgan fingerprint density at radius 2 is 2.12 bits per heavy atom. The molecule has 0 unspecified atom stereocenters. The molecule has 0 aliphatic rings. The molecule has 82 valence electrons. The van der Waals surface area contributed by atoms with E-state index in [1.165, 1.54) is 18.6 Å². The first-order valence-corrected chi connectivity index (χ1v) is 4.33. The maximum absolute atomic E-state index is 13.2. The number of carboxylic acids is 1. The highest BCUT2D eigenvalue weighted by molar-refractivity contribution is 5.82. The summed E-state index contributed by atoms with van der Waals surface area (Å²) in [6.07, 6.45) is 2.64. The Morgan fingerprint density at radius 3 is 2.81 bits per heavy atom. The van der Waals surface area contributed by atoms with Gasteiger partial charge in [-0.1, -0.05) is 6.07 Å². The number of carboxylic acid groups (broad SMARTS) is 1. The van der Waals surface area contributed by atoms with E-state index in [0.717, 1.165) is 12.1 Å². The molecule has 0 saturated heterocycles. The Hall–Kier alpha value is -2.11. The molecule has 2 rings (SSSR count). The molecule has 1 heterocycles. The number of carbonyl (C=O) groups is 1. The molecule has 0 aliphatic heterocycles. The monoisotopic (exact) mass is 224 g/mol. The standard InChI is InChI=1S/C10H6F2N2O2/c11-10(12,9(15)16)7-1-2-8-6(3-7)4-13-5-14-8/h1-5H,(H,15,16). The molecule has 0 spiro atoms. The zero-order valence-corrected chi connectivity index (χ0v) is 7.89. The van der Waals surface area contributed by atoms with Crippen molar-refractivity contribution in [1.82, 2.24) is 9.97 Å². The van der Waals surface area contributed by atoms with Gasteiger partial charge in [-0.2, -0.15) is 8.78 Å². The third kappa shape index (κ3) is 1.58. The largest absolute Gasteiger partial charge is 0.477 e. The molecule has 1 aromatic carbocycles. The van der Waals surface area contributed by atoms with E-state index < -0.39 is 17.5 Å². The van der Waals surface area contributed by atoms with Crippen molar-refractivity contribution < 1.29 is 18.7 Å². The van der Waals surface area contributed by atoms with Gasteiger partial charge in [0.2, 0.25) is 0 Å². The van der Waals surface area contributed by atoms with E-state index in [2.05, 4.69) is 9.97 Å². The first-order chi connectivity index (χ1) is 7.51. The minimum absolute atomic E-state index is 0.376. The highest BCUT2D eigenvalue weighted by atomic mass is 19.3. The number of hydrogen-bond donors (Lipinski definition) is 1. The molecule has 16 heavy (non-hydrogen) atoms. The van der Waals surface area contributed by atoms with Crippen LogP contribution < -0.4 is 0 Å². The first kappa shape index (κ1) is 10.4. The fourth-order valence-electron chi connectivity index (χ4n) is 1.30. The van der Waals surface area contributed by atoms with Gasteiger partial charge in [0.25, 0.3) is 0 Å². The molecule has 0 aliphatic carbocycles. The Bertz CT molecular complexity index is 557. The summed E-state index contributed by atoms with van der Waals surface area (Å²) in [5, 5.41) is 8.76. The van der Waals surface area contributed by atoms with Gasteiger partial charge in [-0.05, 0) is 12.1 Å². The molecule has 0 radical (unpaired) electrons. The van der Waals surface area contributed by atoms with Crippen LogP contribution in [0.1, 0.15) is 5.56 Å². The number of aromatic nitrogens is 2. The predicted molar refractivity (Wildman–Crippen MR) is 51.1 cm³/mol. The van der Waals surface area contributed by atoms with Crippen molar-refractivity contribution in [2.24, 2.45) is 0 Å². The summed E-state index contributed by atoms with van der Waals surface area (Å²) < 4.78 is 26.3. The van der Waals surface area contributed by atoms with Crippen LogP contribution in [0.3, 0.4) is 0 Å². The molecule has 0 amide bonds. The molecule has 1 N–H and O–H groups in total. The van der Waals surface area contributed by atoms with Gasteiger partial charge >= 0.3 is 11.9 Å². The Kier molecular flexibility index (Phi) is 2.26. The molecule has 0 bridgehead atoms. The molecular formula is C10H6F2N2O2. The number of benzene rings is 1. The van der Waals surface area contributed by atoms with Crippen LogP contribution in [0.25, 0.3) is 10.9 Å². The predicted octanol–water partition coefficient (Wildman–Crippen LogP) is 1.81. The number of hydrogen-bond acceptors (Lipinski definition) is 3. The number of halogens is 2. The minimum atomic E-state index is -3.90. The van der Waals surface area contributed by atoms with Crippen LogP contribution in [0.2, 0.25) is 0 Å². The second kappa shape index (κ2) is 3.48. The van der Waals surface area contributed by atoms with E-state index in [1.807, 2.05) is 0 Å². The number of alkyl halides is 2. The lowest BCUT2D eigenvalue weighted by Crippen LogP contribution is -2.25. The fraction of sp³-hybridized carbons (Fsp3) is 0.100. The average molecular weight is 224 g/mol. The van der Waals surface area contributed by atoms with E-state index in [9.17, 15) is 13.6 Å². The van der Waals surface area contributed by atoms with Crippen molar-refractivity contribution in [3.63, 3.8) is 0 Å². The van der Waals surface area contributed by atoms with Crippen molar-refractivity contribution in [2.75, 3.05) is 0 Å². The number of aliphatic carboxylic acids is 1. The molecule has 2 aromatic rings. The van der Waals surface area contributed by atoms with E-state index in [0.29, 0.717) is 10.9 Å². The van der Waals surface area contributed by atoms with Gasteiger partial charge in [0.1, 0.15) is 6.33 Å². The van der Waals surface area contributed by atoms with Crippen LogP contribution in [0, 0.1) is 0 Å². The van der Waals surface area contributed by atoms with Crippen LogP contribution in [0.15, 0.2) is 30.7 Å². The summed E-state index contributed by atoms with van der Waals surface area (Å²) in [5.41, 5.74) is -0.0951. The zero-order valence-electron chi connectivity index (χ0n) is 7.89. The number of fused-ring (bicyclic) bond motifs is 1. The van der Waals surface area contributed by atoms with Crippen molar-refractivity contribution in [1.29, 1.82) is 0 Å². The summed E-state index contributed by atoms with van der Waals surface area (Å²) in [6, 6.07) is 3.45. The summed E-state index contributed by atoms with van der Waals surface area (Å²) in [5.74, 6) is -6.08. The topological polar surface area (TPSA) is 63.1 Å². The summed E-state index contributed by atoms with van der Waals surface area (Å²) in [4.78, 5) is 17.9. The normalized spacial score (nSPS) is 11.6. The van der Waals surface area contributed by atoms with E-state index in [1.54, 1.807) is 0 Å². The Balaban J connectivity index is 2.59. The molecule has 0 atom stereocenters. The lowest BCUT2D eigenvalue weighted by Gasteiger charge is -2.11. The number of nitrogens with zero attached hydrogens (tertiary/aromatic N) is 2. The molecule has 6 heteroatoms. The Morgan fingerprint density at radius 1 is 1.38 bits per heavy atom. The molecular weight excluding hydrogens is 218 g/mol. The van der Waals surface area contributed by atoms with Gasteiger partial charge < -0.3 is 5.11 Å². The van der Waals surface area contributed by atoms with Gasteiger partial charge in [0, 0.05) is 17.1 Å². The Labute approximate surface area is 88.6 Å². The van der Waals surface area contributed by atoms with Crippen LogP contribution in [-0.4, -0.2) is 21.0 Å². The van der Waals surface area contributed by atoms with E-state index >= 15 is 0 Å². The van der Waals surface area contributed by atoms with Crippen LogP contribution in [0.4, 0.5) is 8.78 Å². The van der Waals surface area contributed by atoms with Crippen LogP contribution in [-0.2, 0) is 10.7 Å². The summed E-state index contributed by atoms with van der Waals surface area (Å²) in [7, 11) is 0. The third-order valence-corrected chi connectivity index (χ3v) is 2.14. The van der Waals surface area contributed by atoms with E-state index in [-0.39, 0.29) is 0 Å². The SMILES string of the molecule is O=C(O)C(F)(F)c1ccc2ncncc2c1. The highest BCUT2D eigenvalue weighted by Crippen LogP contribution is 2.29. The number of rotatable bonds is 2. The second-order valence-corrected chi connectivity index (χ2v) is 3.18. The van der Waals surface area contributed by atoms with Crippen LogP contribution >= 0.6 is 0 Å². The summed E-state index contributed by atoms with van der Waals surface area (Å²) in [6.45, 7) is 0. The molecule has 4 nitrogen and oxygen atoms in total. The highest BCUT2D eigenvalue weighted by Gasteiger charge is 2.41. The quantitative estimate of drug-likeness (QED) is 0.844. The molecule has 0 fully saturated rings. The van der Waals surface area contributed by atoms with Crippen molar-refractivity contribution in [3.05, 3.63) is 36.3 Å². The van der Waals surface area contributed by atoms with Crippen molar-refractivity contribution >= 4 is 16.9 Å². The fourth-order valence-corrected chi connectivity index (χ4v) is 1.30. The van der Waals surface area contributed by atoms with Crippen LogP contribution in [0.5, 0.6) is 0 Å².